The van der Waals surface area contributed by atoms with Crippen molar-refractivity contribution >= 4 is 17.7 Å². The van der Waals surface area contributed by atoms with E-state index in [-0.39, 0.29) is 29.6 Å². The first-order chi connectivity index (χ1) is 15.9. The molecule has 2 aliphatic rings. The fourth-order valence-corrected chi connectivity index (χ4v) is 3.53. The number of hydrogen-bond donors (Lipinski definition) is 0. The summed E-state index contributed by atoms with van der Waals surface area (Å²) < 4.78 is 5.14. The lowest BCUT2D eigenvalue weighted by molar-refractivity contribution is -0.138. The van der Waals surface area contributed by atoms with Crippen molar-refractivity contribution in [2.45, 2.75) is 60.8 Å². The summed E-state index contributed by atoms with van der Waals surface area (Å²) >= 11 is 0. The van der Waals surface area contributed by atoms with Crippen LogP contribution in [0.25, 0.3) is 0 Å². The van der Waals surface area contributed by atoms with Gasteiger partial charge < -0.3 is 24.3 Å². The smallest absolute Gasteiger partial charge is 0.225 e. The van der Waals surface area contributed by atoms with E-state index in [1.807, 2.05) is 72.5 Å². The zero-order valence-corrected chi connectivity index (χ0v) is 23.4. The van der Waals surface area contributed by atoms with Crippen molar-refractivity contribution in [2.75, 3.05) is 73.6 Å². The predicted octanol–water partition coefficient (Wildman–Crippen LogP) is 2.82. The third kappa shape index (κ3) is 13.9. The number of hydrogen-bond acceptors (Lipinski definition) is 5. The summed E-state index contributed by atoms with van der Waals surface area (Å²) in [5.41, 5.74) is 0. The maximum Gasteiger partial charge on any atom is 0.225 e. The van der Waals surface area contributed by atoms with Crippen molar-refractivity contribution in [1.82, 2.24) is 19.6 Å². The van der Waals surface area contributed by atoms with Gasteiger partial charge in [0.2, 0.25) is 17.7 Å². The topological polar surface area (TPSA) is 73.4 Å². The number of rotatable bonds is 6. The first-order valence-electron chi connectivity index (χ1n) is 12.9. The van der Waals surface area contributed by atoms with Crippen LogP contribution in [-0.2, 0) is 19.1 Å². The molecule has 2 fully saturated rings. The van der Waals surface area contributed by atoms with Crippen LogP contribution >= 0.6 is 0 Å². The quantitative estimate of drug-likeness (QED) is 0.580. The van der Waals surface area contributed by atoms with Crippen molar-refractivity contribution < 1.29 is 19.1 Å². The molecule has 0 atom stereocenters. The molecule has 200 valence electrons. The molecule has 0 spiro atoms. The number of morpholine rings is 1. The van der Waals surface area contributed by atoms with Crippen LogP contribution in [0.15, 0.2) is 0 Å². The van der Waals surface area contributed by atoms with E-state index >= 15 is 0 Å². The van der Waals surface area contributed by atoms with E-state index in [4.69, 9.17) is 4.74 Å². The van der Waals surface area contributed by atoms with Crippen molar-refractivity contribution in [3.63, 3.8) is 0 Å². The monoisotopic (exact) mass is 484 g/mol. The highest BCUT2D eigenvalue weighted by Crippen LogP contribution is 2.11. The molecule has 2 heterocycles. The maximum atomic E-state index is 11.4. The molecule has 8 nitrogen and oxygen atoms in total. The van der Waals surface area contributed by atoms with Gasteiger partial charge in [0.1, 0.15) is 0 Å². The Kier molecular flexibility index (Phi) is 16.8. The van der Waals surface area contributed by atoms with Crippen LogP contribution in [0.3, 0.4) is 0 Å². The zero-order chi connectivity index (χ0) is 26.3. The van der Waals surface area contributed by atoms with Gasteiger partial charge in [-0.1, -0.05) is 41.5 Å². The molecule has 0 aliphatic carbocycles. The van der Waals surface area contributed by atoms with Crippen LogP contribution in [-0.4, -0.2) is 111 Å². The molecule has 2 rings (SSSR count). The fourth-order valence-electron chi connectivity index (χ4n) is 3.53. The second-order valence-corrected chi connectivity index (χ2v) is 10.4. The molecule has 8 heteroatoms. The molecule has 0 radical (unpaired) electrons. The molecule has 0 aromatic rings. The molecule has 0 N–H and O–H groups in total. The standard InChI is InChI=1S/C9H20N2O.C9H17NO.C8H15NO2/c1-8(2)9(12)11(5)7-6-10(3)4;1-8(2)9(11)10-6-4-3-5-7-10;1-7(2)8(10)9-3-5-11-6-4-9/h8H,6-7H2,1-5H3;8H,3-7H2,1-2H3;7H,3-6H2,1-2H3. The Labute approximate surface area is 209 Å². The van der Waals surface area contributed by atoms with Crippen LogP contribution in [0, 0.1) is 17.8 Å². The average molecular weight is 485 g/mol. The molecule has 0 saturated carbocycles. The van der Waals surface area contributed by atoms with Crippen molar-refractivity contribution in [3.8, 4) is 0 Å². The molecule has 0 aromatic carbocycles. The van der Waals surface area contributed by atoms with Gasteiger partial charge in [0.25, 0.3) is 0 Å². The highest BCUT2D eigenvalue weighted by molar-refractivity contribution is 5.78. The highest BCUT2D eigenvalue weighted by Gasteiger charge is 2.19. The van der Waals surface area contributed by atoms with Crippen molar-refractivity contribution in [2.24, 2.45) is 17.8 Å². The van der Waals surface area contributed by atoms with E-state index in [1.54, 1.807) is 4.90 Å². The lowest BCUT2D eigenvalue weighted by Gasteiger charge is -2.28. The van der Waals surface area contributed by atoms with Crippen LogP contribution in [0.4, 0.5) is 0 Å². The van der Waals surface area contributed by atoms with E-state index in [0.717, 1.165) is 39.3 Å². The Morgan fingerprint density at radius 1 is 0.676 bits per heavy atom. The Balaban J connectivity index is 0.000000481. The summed E-state index contributed by atoms with van der Waals surface area (Å²) in [4.78, 5) is 41.9. The minimum absolute atomic E-state index is 0.108. The van der Waals surface area contributed by atoms with Gasteiger partial charge in [-0.25, -0.2) is 0 Å². The van der Waals surface area contributed by atoms with Crippen molar-refractivity contribution in [3.05, 3.63) is 0 Å². The number of likely N-dealkylation sites (tertiary alicyclic amines) is 1. The van der Waals surface area contributed by atoms with Gasteiger partial charge in [-0.2, -0.15) is 0 Å². The maximum absolute atomic E-state index is 11.4. The zero-order valence-electron chi connectivity index (χ0n) is 23.4. The number of piperidine rings is 1. The third-order valence-electron chi connectivity index (χ3n) is 5.73. The summed E-state index contributed by atoms with van der Waals surface area (Å²) in [6.45, 7) is 18.3. The minimum Gasteiger partial charge on any atom is -0.378 e. The van der Waals surface area contributed by atoms with Gasteiger partial charge in [-0.3, -0.25) is 14.4 Å². The average Bonchev–Trinajstić information content (AvgIpc) is 2.82. The predicted molar refractivity (Wildman–Crippen MR) is 139 cm³/mol. The number of nitrogens with zero attached hydrogens (tertiary/aromatic N) is 4. The molecule has 3 amide bonds. The number of likely N-dealkylation sites (N-methyl/N-ethyl adjacent to an activating group) is 2. The largest absolute Gasteiger partial charge is 0.378 e. The van der Waals surface area contributed by atoms with E-state index in [2.05, 4.69) is 4.90 Å². The van der Waals surface area contributed by atoms with E-state index in [9.17, 15) is 14.4 Å². The first-order valence-corrected chi connectivity index (χ1v) is 12.9. The summed E-state index contributed by atoms with van der Waals surface area (Å²) in [6.07, 6.45) is 3.68. The number of ether oxygens (including phenoxy) is 1. The Hall–Kier alpha value is -1.67. The van der Waals surface area contributed by atoms with Crippen LogP contribution in [0.2, 0.25) is 0 Å². The minimum atomic E-state index is 0.108. The Bertz CT molecular complexity index is 547. The molecule has 2 saturated heterocycles. The number of amides is 3. The van der Waals surface area contributed by atoms with Crippen molar-refractivity contribution in [1.29, 1.82) is 0 Å². The Morgan fingerprint density at radius 2 is 1.12 bits per heavy atom. The number of carbonyl (C=O) groups excluding carboxylic acids is 3. The highest BCUT2D eigenvalue weighted by atomic mass is 16.5. The normalized spacial score (nSPS) is 16.1. The van der Waals surface area contributed by atoms with Gasteiger partial charge in [-0.05, 0) is 33.4 Å². The molecule has 0 aromatic heterocycles. The van der Waals surface area contributed by atoms with Crippen LogP contribution in [0.1, 0.15) is 60.8 Å². The fraction of sp³-hybridized carbons (Fsp3) is 0.885. The second kappa shape index (κ2) is 17.7. The van der Waals surface area contributed by atoms with Gasteiger partial charge in [0.05, 0.1) is 13.2 Å². The van der Waals surface area contributed by atoms with E-state index in [0.29, 0.717) is 19.1 Å². The third-order valence-corrected chi connectivity index (χ3v) is 5.73. The van der Waals surface area contributed by atoms with Crippen LogP contribution in [0.5, 0.6) is 0 Å². The lowest BCUT2D eigenvalue weighted by Crippen LogP contribution is -2.42. The van der Waals surface area contributed by atoms with Gasteiger partial charge in [0.15, 0.2) is 0 Å². The first kappa shape index (κ1) is 32.3. The molecular formula is C26H52N4O4. The van der Waals surface area contributed by atoms with Gasteiger partial charge >= 0.3 is 0 Å². The Morgan fingerprint density at radius 3 is 1.50 bits per heavy atom. The molecule has 0 bridgehead atoms. The lowest BCUT2D eigenvalue weighted by atomic mass is 10.1. The van der Waals surface area contributed by atoms with E-state index in [1.165, 1.54) is 19.3 Å². The summed E-state index contributed by atoms with van der Waals surface area (Å²) in [5.74, 6) is 1.19. The molecule has 34 heavy (non-hydrogen) atoms. The van der Waals surface area contributed by atoms with Crippen LogP contribution < -0.4 is 0 Å². The number of carbonyl (C=O) groups is 3. The SMILES string of the molecule is CC(C)C(=O)N(C)CCN(C)C.CC(C)C(=O)N1CCCCC1.CC(C)C(=O)N1CCOCC1. The molecule has 0 unspecified atom stereocenters. The molecule has 2 aliphatic heterocycles. The summed E-state index contributed by atoms with van der Waals surface area (Å²) in [7, 11) is 5.87. The van der Waals surface area contributed by atoms with Gasteiger partial charge in [0, 0.05) is 64.1 Å². The molecular weight excluding hydrogens is 432 g/mol. The summed E-state index contributed by atoms with van der Waals surface area (Å²) in [6, 6.07) is 0. The van der Waals surface area contributed by atoms with Gasteiger partial charge in [-0.15, -0.1) is 0 Å². The second-order valence-electron chi connectivity index (χ2n) is 10.4. The summed E-state index contributed by atoms with van der Waals surface area (Å²) in [5, 5.41) is 0. The van der Waals surface area contributed by atoms with E-state index < -0.39 is 0 Å².